The number of ether oxygens (including phenoxy) is 1. The van der Waals surface area contributed by atoms with Crippen molar-refractivity contribution in [3.05, 3.63) is 41.2 Å². The molecular formula is C18H21ClN4O2. The van der Waals surface area contributed by atoms with E-state index >= 15 is 0 Å². The second-order valence-corrected chi connectivity index (χ2v) is 6.68. The van der Waals surface area contributed by atoms with E-state index in [0.717, 1.165) is 25.2 Å². The van der Waals surface area contributed by atoms with E-state index in [0.29, 0.717) is 28.2 Å². The molecule has 1 aromatic carbocycles. The van der Waals surface area contributed by atoms with Gasteiger partial charge >= 0.3 is 0 Å². The number of hydrogen-bond acceptors (Lipinski definition) is 5. The Morgan fingerprint density at radius 2 is 2.12 bits per heavy atom. The van der Waals surface area contributed by atoms with Gasteiger partial charge in [-0.1, -0.05) is 18.5 Å². The molecule has 3 rings (SSSR count). The highest BCUT2D eigenvalue weighted by molar-refractivity contribution is 6.32. The van der Waals surface area contributed by atoms with Gasteiger partial charge in [-0.05, 0) is 37.0 Å². The number of rotatable bonds is 4. The zero-order chi connectivity index (χ0) is 17.8. The van der Waals surface area contributed by atoms with Gasteiger partial charge in [-0.25, -0.2) is 9.97 Å². The van der Waals surface area contributed by atoms with Crippen LogP contribution in [0.2, 0.25) is 5.02 Å². The first-order valence-electron chi connectivity index (χ1n) is 8.28. The van der Waals surface area contributed by atoms with E-state index in [1.54, 1.807) is 31.6 Å². The largest absolute Gasteiger partial charge is 0.495 e. The maximum atomic E-state index is 12.5. The van der Waals surface area contributed by atoms with E-state index in [1.807, 2.05) is 11.0 Å². The number of nitrogens with one attached hydrogen (secondary N) is 1. The van der Waals surface area contributed by atoms with Crippen molar-refractivity contribution in [2.24, 2.45) is 5.92 Å². The predicted octanol–water partition coefficient (Wildman–Crippen LogP) is 3.75. The number of carbonyl (C=O) groups excluding carboxylic acids is 1. The van der Waals surface area contributed by atoms with Gasteiger partial charge in [-0.2, -0.15) is 0 Å². The lowest BCUT2D eigenvalue weighted by Gasteiger charge is -2.30. The first-order chi connectivity index (χ1) is 12.1. The third-order valence-electron chi connectivity index (χ3n) is 4.25. The lowest BCUT2D eigenvalue weighted by molar-refractivity contribution is 0.0682. The average Bonchev–Trinajstić information content (AvgIpc) is 2.62. The molecule has 1 N–H and O–H groups in total. The molecule has 2 aromatic rings. The summed E-state index contributed by atoms with van der Waals surface area (Å²) in [5.41, 5.74) is 1.25. The molecule has 25 heavy (non-hydrogen) atoms. The minimum Gasteiger partial charge on any atom is -0.495 e. The van der Waals surface area contributed by atoms with Crippen LogP contribution in [0.15, 0.2) is 30.6 Å². The maximum absolute atomic E-state index is 12.5. The summed E-state index contributed by atoms with van der Waals surface area (Å²) in [7, 11) is 1.57. The molecule has 1 aliphatic heterocycles. The predicted molar refractivity (Wildman–Crippen MR) is 97.6 cm³/mol. The van der Waals surface area contributed by atoms with Crippen LogP contribution in [0.5, 0.6) is 5.75 Å². The van der Waals surface area contributed by atoms with Gasteiger partial charge in [0.2, 0.25) is 5.95 Å². The Labute approximate surface area is 152 Å². The van der Waals surface area contributed by atoms with Gasteiger partial charge in [0.15, 0.2) is 0 Å². The summed E-state index contributed by atoms with van der Waals surface area (Å²) in [4.78, 5) is 22.9. The van der Waals surface area contributed by atoms with Crippen LogP contribution in [0.4, 0.5) is 11.6 Å². The van der Waals surface area contributed by atoms with Gasteiger partial charge in [-0.3, -0.25) is 4.79 Å². The Morgan fingerprint density at radius 3 is 2.76 bits per heavy atom. The second kappa shape index (κ2) is 7.70. The van der Waals surface area contributed by atoms with E-state index < -0.39 is 0 Å². The molecule has 2 heterocycles. The summed E-state index contributed by atoms with van der Waals surface area (Å²) in [6, 6.07) is 5.32. The summed E-state index contributed by atoms with van der Waals surface area (Å²) >= 11 is 6.10. The molecule has 1 fully saturated rings. The standard InChI is InChI=1S/C18H21ClN4O2/c1-12-4-3-7-23(11-12)17(24)13-9-20-18(21-10-13)22-14-5-6-16(25-2)15(19)8-14/h5-6,8-10,12H,3-4,7,11H2,1-2H3,(H,20,21,22). The molecule has 6 nitrogen and oxygen atoms in total. The normalized spacial score (nSPS) is 17.2. The number of carbonyl (C=O) groups is 1. The van der Waals surface area contributed by atoms with Crippen molar-refractivity contribution in [3.8, 4) is 5.75 Å². The van der Waals surface area contributed by atoms with E-state index in [9.17, 15) is 4.79 Å². The number of methoxy groups -OCH3 is 1. The zero-order valence-corrected chi connectivity index (χ0v) is 15.1. The average molecular weight is 361 g/mol. The van der Waals surface area contributed by atoms with Crippen LogP contribution in [0.25, 0.3) is 0 Å². The van der Waals surface area contributed by atoms with Crippen molar-refractivity contribution in [1.82, 2.24) is 14.9 Å². The number of aromatic nitrogens is 2. The highest BCUT2D eigenvalue weighted by Crippen LogP contribution is 2.28. The van der Waals surface area contributed by atoms with Crippen molar-refractivity contribution in [3.63, 3.8) is 0 Å². The van der Waals surface area contributed by atoms with E-state index in [-0.39, 0.29) is 5.91 Å². The molecule has 0 radical (unpaired) electrons. The molecule has 0 bridgehead atoms. The molecule has 1 amide bonds. The molecule has 7 heteroatoms. The summed E-state index contributed by atoms with van der Waals surface area (Å²) < 4.78 is 5.12. The van der Waals surface area contributed by atoms with Crippen LogP contribution in [-0.4, -0.2) is 41.0 Å². The first kappa shape index (κ1) is 17.5. The fraction of sp³-hybridized carbons (Fsp3) is 0.389. The molecule has 1 atom stereocenters. The number of piperidine rings is 1. The summed E-state index contributed by atoms with van der Waals surface area (Å²) in [5, 5.41) is 3.56. The minimum atomic E-state index is -0.00871. The number of anilines is 2. The Morgan fingerprint density at radius 1 is 1.36 bits per heavy atom. The van der Waals surface area contributed by atoms with Crippen molar-refractivity contribution in [2.75, 3.05) is 25.5 Å². The number of nitrogens with zero attached hydrogens (tertiary/aromatic N) is 3. The zero-order valence-electron chi connectivity index (χ0n) is 14.3. The molecule has 0 saturated carbocycles. The molecule has 1 aromatic heterocycles. The molecule has 1 saturated heterocycles. The molecular weight excluding hydrogens is 340 g/mol. The Balaban J connectivity index is 1.67. The quantitative estimate of drug-likeness (QED) is 0.899. The molecule has 1 aliphatic rings. The van der Waals surface area contributed by atoms with Crippen LogP contribution in [0.1, 0.15) is 30.1 Å². The smallest absolute Gasteiger partial charge is 0.257 e. The summed E-state index contributed by atoms with van der Waals surface area (Å²) in [6.07, 6.45) is 5.34. The van der Waals surface area contributed by atoms with Crippen LogP contribution >= 0.6 is 11.6 Å². The van der Waals surface area contributed by atoms with Crippen LogP contribution in [-0.2, 0) is 0 Å². The lowest BCUT2D eigenvalue weighted by Crippen LogP contribution is -2.39. The molecule has 0 aliphatic carbocycles. The van der Waals surface area contributed by atoms with Crippen molar-refractivity contribution in [1.29, 1.82) is 0 Å². The molecule has 132 valence electrons. The summed E-state index contributed by atoms with van der Waals surface area (Å²) in [5.74, 6) is 1.54. The topological polar surface area (TPSA) is 67.3 Å². The van der Waals surface area contributed by atoms with Gasteiger partial charge in [-0.15, -0.1) is 0 Å². The van der Waals surface area contributed by atoms with Crippen molar-refractivity contribution in [2.45, 2.75) is 19.8 Å². The third kappa shape index (κ3) is 4.20. The fourth-order valence-corrected chi connectivity index (χ4v) is 3.19. The van der Waals surface area contributed by atoms with Gasteiger partial charge in [0.25, 0.3) is 5.91 Å². The number of likely N-dealkylation sites (tertiary alicyclic amines) is 1. The number of halogens is 1. The van der Waals surface area contributed by atoms with E-state index in [2.05, 4.69) is 22.2 Å². The van der Waals surface area contributed by atoms with Crippen molar-refractivity contribution >= 4 is 29.1 Å². The molecule has 0 spiro atoms. The fourth-order valence-electron chi connectivity index (χ4n) is 2.93. The first-order valence-corrected chi connectivity index (χ1v) is 8.66. The number of hydrogen-bond donors (Lipinski definition) is 1. The second-order valence-electron chi connectivity index (χ2n) is 6.27. The van der Waals surface area contributed by atoms with E-state index in [1.165, 1.54) is 6.42 Å². The van der Waals surface area contributed by atoms with Crippen molar-refractivity contribution < 1.29 is 9.53 Å². The van der Waals surface area contributed by atoms with Gasteiger partial charge in [0.1, 0.15) is 5.75 Å². The number of amides is 1. The van der Waals surface area contributed by atoms with Crippen LogP contribution in [0.3, 0.4) is 0 Å². The van der Waals surface area contributed by atoms with Crippen LogP contribution in [0, 0.1) is 5.92 Å². The lowest BCUT2D eigenvalue weighted by atomic mass is 10.00. The monoisotopic (exact) mass is 360 g/mol. The van der Waals surface area contributed by atoms with Gasteiger partial charge in [0.05, 0.1) is 17.7 Å². The highest BCUT2D eigenvalue weighted by Gasteiger charge is 2.22. The molecule has 1 unspecified atom stereocenters. The van der Waals surface area contributed by atoms with E-state index in [4.69, 9.17) is 16.3 Å². The van der Waals surface area contributed by atoms with Gasteiger partial charge in [0, 0.05) is 31.2 Å². The Hall–Kier alpha value is -2.34. The Bertz CT molecular complexity index is 751. The highest BCUT2D eigenvalue weighted by atomic mass is 35.5. The van der Waals surface area contributed by atoms with Crippen LogP contribution < -0.4 is 10.1 Å². The Kier molecular flexibility index (Phi) is 5.38. The maximum Gasteiger partial charge on any atom is 0.257 e. The number of benzene rings is 1. The SMILES string of the molecule is COc1ccc(Nc2ncc(C(=O)N3CCCC(C)C3)cn2)cc1Cl. The summed E-state index contributed by atoms with van der Waals surface area (Å²) in [6.45, 7) is 3.76. The third-order valence-corrected chi connectivity index (χ3v) is 4.55. The van der Waals surface area contributed by atoms with Gasteiger partial charge < -0.3 is 15.0 Å². The minimum absolute atomic E-state index is 0.00871.